The van der Waals surface area contributed by atoms with Gasteiger partial charge in [-0.15, -0.1) is 0 Å². The van der Waals surface area contributed by atoms with Gasteiger partial charge in [-0.05, 0) is 80.2 Å². The maximum Gasteiger partial charge on any atom is 0.481 e. The molecular formula is C37H42BF4N7O7. The SMILES string of the molecule is CC[C@H](NC(=O)[C@@H]1C[C@@](C)(NC(=O)Nc2ccc(F)cc2[N+](=O)[O-])c2ncc(NCc3cccc(C(F)(F)F)c3)c(=O)n21)B1O[C@@H]2C[C@@H]3C[C@@H](C3(C)C)[C@]2(C)O1. The molecule has 3 amide bonds. The lowest BCUT2D eigenvalue weighted by Crippen LogP contribution is -2.65. The van der Waals surface area contributed by atoms with E-state index in [1.807, 2.05) is 6.92 Å². The Bertz CT molecular complexity index is 2150. The number of carbonyl (C=O) groups is 2. The van der Waals surface area contributed by atoms with Crippen LogP contribution in [0.15, 0.2) is 53.5 Å². The highest BCUT2D eigenvalue weighted by Crippen LogP contribution is 2.65. The number of halogens is 4. The van der Waals surface area contributed by atoms with E-state index in [9.17, 15) is 42.1 Å². The van der Waals surface area contributed by atoms with Crippen molar-refractivity contribution in [2.45, 2.75) is 102 Å². The number of carbonyl (C=O) groups excluding carboxylic acids is 2. The molecule has 298 valence electrons. The smallest absolute Gasteiger partial charge is 0.404 e. The molecule has 19 heteroatoms. The Kier molecular flexibility index (Phi) is 9.71. The first-order chi connectivity index (χ1) is 26.2. The predicted molar refractivity (Wildman–Crippen MR) is 196 cm³/mol. The van der Waals surface area contributed by atoms with Crippen LogP contribution in [-0.2, 0) is 32.4 Å². The third kappa shape index (κ3) is 6.77. The molecule has 2 aromatic carbocycles. The second-order valence-corrected chi connectivity index (χ2v) is 16.1. The van der Waals surface area contributed by atoms with Crippen molar-refractivity contribution < 1.29 is 41.4 Å². The molecule has 7 atom stereocenters. The number of anilines is 2. The molecule has 0 radical (unpaired) electrons. The molecule has 3 aliphatic carbocycles. The standard InChI is InChI=1S/C37H42BF4N7O7/c1-6-29(38-55-28-14-21-13-27(34(21,2)3)36(28,5)56-38)46-30(50)26-16-35(4,47-33(52)45-23-11-10-22(39)15-25(23)49(53)54)32-44-18-24(31(51)48(26)32)43-17-19-8-7-9-20(12-19)37(40,41)42/h7-12,15,18,21,26-29,43H,6,13-14,16-17H2,1-5H3,(H,46,50)(H2,45,47,52)/t21-,26-,27-,28+,29-,35+,36-/m0/s1. The van der Waals surface area contributed by atoms with E-state index in [2.05, 4.69) is 47.0 Å². The van der Waals surface area contributed by atoms with Gasteiger partial charge in [-0.25, -0.2) is 14.2 Å². The molecule has 2 bridgehead atoms. The van der Waals surface area contributed by atoms with Gasteiger partial charge in [-0.1, -0.05) is 32.9 Å². The van der Waals surface area contributed by atoms with E-state index < -0.39 is 75.9 Å². The van der Waals surface area contributed by atoms with Gasteiger partial charge in [0.15, 0.2) is 0 Å². The number of nitrogens with zero attached hydrogens (tertiary/aromatic N) is 3. The molecule has 56 heavy (non-hydrogen) atoms. The Morgan fingerprint density at radius 2 is 1.88 bits per heavy atom. The molecule has 0 spiro atoms. The summed E-state index contributed by atoms with van der Waals surface area (Å²) in [7, 11) is -0.771. The minimum Gasteiger partial charge on any atom is -0.404 e. The van der Waals surface area contributed by atoms with E-state index in [0.717, 1.165) is 47.9 Å². The first-order valence-corrected chi connectivity index (χ1v) is 18.4. The van der Waals surface area contributed by atoms with Crippen LogP contribution in [0.1, 0.15) is 83.3 Å². The number of urea groups is 1. The molecule has 5 aliphatic rings. The summed E-state index contributed by atoms with van der Waals surface area (Å²) in [4.78, 5) is 57.0. The van der Waals surface area contributed by atoms with Crippen LogP contribution >= 0.6 is 0 Å². The summed E-state index contributed by atoms with van der Waals surface area (Å²) < 4.78 is 68.1. The van der Waals surface area contributed by atoms with Crippen LogP contribution in [0.25, 0.3) is 0 Å². The highest BCUT2D eigenvalue weighted by atomic mass is 19.4. The number of fused-ring (bicyclic) bond motifs is 1. The first kappa shape index (κ1) is 39.2. The summed E-state index contributed by atoms with van der Waals surface area (Å²) in [5.41, 5.74) is -4.45. The van der Waals surface area contributed by atoms with Gasteiger partial charge in [0.25, 0.3) is 11.2 Å². The number of aromatic nitrogens is 2. The van der Waals surface area contributed by atoms with E-state index in [0.29, 0.717) is 18.4 Å². The molecule has 8 rings (SSSR count). The van der Waals surface area contributed by atoms with Crippen LogP contribution < -0.4 is 26.8 Å². The van der Waals surface area contributed by atoms with Crippen LogP contribution in [0, 0.1) is 33.2 Å². The summed E-state index contributed by atoms with van der Waals surface area (Å²) in [6.45, 7) is 9.74. The van der Waals surface area contributed by atoms with Crippen molar-refractivity contribution in [2.24, 2.45) is 17.3 Å². The molecule has 4 N–H and O–H groups in total. The lowest BCUT2D eigenvalue weighted by molar-refractivity contribution is -0.384. The Labute approximate surface area is 319 Å². The van der Waals surface area contributed by atoms with Crippen molar-refractivity contribution in [1.82, 2.24) is 20.2 Å². The Balaban J connectivity index is 1.16. The van der Waals surface area contributed by atoms with E-state index in [-0.39, 0.29) is 53.2 Å². The summed E-state index contributed by atoms with van der Waals surface area (Å²) in [6, 6.07) is 4.98. The fourth-order valence-corrected chi connectivity index (χ4v) is 9.11. The van der Waals surface area contributed by atoms with E-state index in [4.69, 9.17) is 9.31 Å². The van der Waals surface area contributed by atoms with Crippen molar-refractivity contribution in [2.75, 3.05) is 10.6 Å². The zero-order chi connectivity index (χ0) is 40.5. The zero-order valence-electron chi connectivity index (χ0n) is 31.3. The molecule has 4 fully saturated rings. The molecule has 0 unspecified atom stereocenters. The van der Waals surface area contributed by atoms with Gasteiger partial charge in [0, 0.05) is 13.0 Å². The van der Waals surface area contributed by atoms with Gasteiger partial charge in [0.05, 0.1) is 45.9 Å². The first-order valence-electron chi connectivity index (χ1n) is 18.4. The lowest BCUT2D eigenvalue weighted by Gasteiger charge is -2.64. The molecule has 3 heterocycles. The number of alkyl halides is 3. The highest BCUT2D eigenvalue weighted by molar-refractivity contribution is 6.47. The second kappa shape index (κ2) is 13.9. The van der Waals surface area contributed by atoms with Crippen LogP contribution in [0.5, 0.6) is 0 Å². The van der Waals surface area contributed by atoms with Gasteiger partial charge in [0.1, 0.15) is 29.1 Å². The molecule has 14 nitrogen and oxygen atoms in total. The van der Waals surface area contributed by atoms with Gasteiger partial charge in [-0.3, -0.25) is 24.3 Å². The second-order valence-electron chi connectivity index (χ2n) is 16.1. The largest absolute Gasteiger partial charge is 0.481 e. The van der Waals surface area contributed by atoms with E-state index in [1.165, 1.54) is 19.1 Å². The summed E-state index contributed by atoms with van der Waals surface area (Å²) >= 11 is 0. The van der Waals surface area contributed by atoms with Crippen molar-refractivity contribution in [1.29, 1.82) is 0 Å². The van der Waals surface area contributed by atoms with Crippen molar-refractivity contribution in [3.8, 4) is 0 Å². The summed E-state index contributed by atoms with van der Waals surface area (Å²) in [5.74, 6) is -1.36. The number of nitrogens with one attached hydrogen (secondary N) is 4. The predicted octanol–water partition coefficient (Wildman–Crippen LogP) is 6.07. The number of hydrogen-bond acceptors (Lipinski definition) is 9. The maximum atomic E-state index is 14.3. The molecule has 3 aromatic rings. The van der Waals surface area contributed by atoms with Crippen molar-refractivity contribution in [3.05, 3.63) is 91.9 Å². The molecule has 1 aromatic heterocycles. The monoisotopic (exact) mass is 783 g/mol. The minimum atomic E-state index is -4.58. The Hall–Kier alpha value is -5.04. The summed E-state index contributed by atoms with van der Waals surface area (Å²) in [6.07, 6.45) is -1.48. The van der Waals surface area contributed by atoms with Crippen LogP contribution in [0.4, 0.5) is 39.4 Å². The average Bonchev–Trinajstić information content (AvgIpc) is 3.64. The van der Waals surface area contributed by atoms with E-state index >= 15 is 0 Å². The number of benzene rings is 2. The van der Waals surface area contributed by atoms with E-state index in [1.54, 1.807) is 0 Å². The van der Waals surface area contributed by atoms with Crippen molar-refractivity contribution >= 4 is 36.1 Å². The quantitative estimate of drug-likeness (QED) is 0.0823. The van der Waals surface area contributed by atoms with Crippen LogP contribution in [-0.4, -0.2) is 51.2 Å². The maximum absolute atomic E-state index is 14.3. The van der Waals surface area contributed by atoms with Gasteiger partial charge < -0.3 is 30.6 Å². The highest BCUT2D eigenvalue weighted by Gasteiger charge is 2.68. The van der Waals surface area contributed by atoms with Gasteiger partial charge >= 0.3 is 19.3 Å². The molecule has 3 saturated carbocycles. The lowest BCUT2D eigenvalue weighted by atomic mass is 9.43. The molecular weight excluding hydrogens is 741 g/mol. The number of nitro groups is 1. The number of hydrogen-bond donors (Lipinski definition) is 4. The molecule has 1 saturated heterocycles. The van der Waals surface area contributed by atoms with Crippen molar-refractivity contribution in [3.63, 3.8) is 0 Å². The minimum absolute atomic E-state index is 0.0297. The number of rotatable bonds is 10. The third-order valence-corrected chi connectivity index (χ3v) is 12.3. The fraction of sp³-hybridized carbons (Fsp3) is 0.514. The van der Waals surface area contributed by atoms with Gasteiger partial charge in [0.2, 0.25) is 5.91 Å². The normalized spacial score (nSPS) is 27.7. The molecule has 2 aliphatic heterocycles. The van der Waals surface area contributed by atoms with Crippen LogP contribution in [0.3, 0.4) is 0 Å². The zero-order valence-corrected chi connectivity index (χ0v) is 31.3. The number of amides is 3. The van der Waals surface area contributed by atoms with Crippen LogP contribution in [0.2, 0.25) is 0 Å². The van der Waals surface area contributed by atoms with Gasteiger partial charge in [-0.2, -0.15) is 13.2 Å². The topological polar surface area (TPSA) is 179 Å². The number of nitro benzene ring substituents is 1. The summed E-state index contributed by atoms with van der Waals surface area (Å²) in [5, 5.41) is 22.4. The third-order valence-electron chi connectivity index (χ3n) is 12.3. The Morgan fingerprint density at radius 1 is 1.12 bits per heavy atom. The average molecular weight is 784 g/mol. The fourth-order valence-electron chi connectivity index (χ4n) is 9.11. The Morgan fingerprint density at radius 3 is 2.55 bits per heavy atom.